The molecule has 0 aromatic heterocycles. The average Bonchev–Trinajstić information content (AvgIpc) is 3.13. The van der Waals surface area contributed by atoms with Gasteiger partial charge < -0.3 is 20.1 Å². The van der Waals surface area contributed by atoms with Gasteiger partial charge in [-0.05, 0) is 37.5 Å². The van der Waals surface area contributed by atoms with E-state index in [-0.39, 0.29) is 11.6 Å². The van der Waals surface area contributed by atoms with Gasteiger partial charge in [-0.3, -0.25) is 9.89 Å². The minimum Gasteiger partial charge on any atom is -0.379 e. The molecule has 2 heterocycles. The number of aliphatic imine (C=N–C) groups is 1. The van der Waals surface area contributed by atoms with Crippen molar-refractivity contribution in [3.8, 4) is 0 Å². The Morgan fingerprint density at radius 3 is 2.59 bits per heavy atom. The minimum atomic E-state index is -0.0998. The van der Waals surface area contributed by atoms with Crippen LogP contribution in [-0.2, 0) is 9.47 Å². The first-order valence-electron chi connectivity index (χ1n) is 9.75. The van der Waals surface area contributed by atoms with E-state index in [2.05, 4.69) is 39.6 Å². The van der Waals surface area contributed by atoms with Crippen LogP contribution in [0.3, 0.4) is 0 Å². The zero-order chi connectivity index (χ0) is 19.1. The van der Waals surface area contributed by atoms with E-state index in [1.54, 1.807) is 7.05 Å². The van der Waals surface area contributed by atoms with E-state index in [0.29, 0.717) is 0 Å². The Hall–Kier alpha value is -1.34. The largest absolute Gasteiger partial charge is 0.379 e. The molecule has 2 atom stereocenters. The zero-order valence-electron chi connectivity index (χ0n) is 16.3. The molecule has 6 nitrogen and oxygen atoms in total. The molecule has 0 saturated carbocycles. The summed E-state index contributed by atoms with van der Waals surface area (Å²) >= 11 is 6.08. The second-order valence-electron chi connectivity index (χ2n) is 7.42. The summed E-state index contributed by atoms with van der Waals surface area (Å²) in [6.07, 6.45) is 2.21. The Kier molecular flexibility index (Phi) is 7.35. The van der Waals surface area contributed by atoms with Crippen LogP contribution in [0.1, 0.15) is 31.4 Å². The maximum Gasteiger partial charge on any atom is 0.191 e. The summed E-state index contributed by atoms with van der Waals surface area (Å²) in [7, 11) is 1.80. The highest BCUT2D eigenvalue weighted by molar-refractivity contribution is 6.30. The third-order valence-electron chi connectivity index (χ3n) is 5.36. The molecule has 2 aliphatic rings. The zero-order valence-corrected chi connectivity index (χ0v) is 17.1. The van der Waals surface area contributed by atoms with Crippen molar-refractivity contribution in [2.75, 3.05) is 53.0 Å². The van der Waals surface area contributed by atoms with Gasteiger partial charge in [0.15, 0.2) is 5.96 Å². The number of nitrogens with one attached hydrogen (secondary N) is 2. The minimum absolute atomic E-state index is 0.0998. The Bertz CT molecular complexity index is 611. The molecular weight excluding hydrogens is 364 g/mol. The van der Waals surface area contributed by atoms with E-state index >= 15 is 0 Å². The Balaban J connectivity index is 1.61. The molecule has 3 rings (SSSR count). The van der Waals surface area contributed by atoms with Crippen LogP contribution in [0.5, 0.6) is 0 Å². The van der Waals surface area contributed by atoms with Crippen LogP contribution in [0.4, 0.5) is 0 Å². The fourth-order valence-corrected chi connectivity index (χ4v) is 3.82. The molecule has 0 radical (unpaired) electrons. The number of hydrogen-bond donors (Lipinski definition) is 2. The smallest absolute Gasteiger partial charge is 0.191 e. The van der Waals surface area contributed by atoms with E-state index in [1.165, 1.54) is 5.56 Å². The molecule has 150 valence electrons. The second kappa shape index (κ2) is 9.73. The molecule has 1 aromatic carbocycles. The Morgan fingerprint density at radius 1 is 1.22 bits per heavy atom. The third-order valence-corrected chi connectivity index (χ3v) is 5.61. The molecule has 2 unspecified atom stereocenters. The predicted octanol–water partition coefficient (Wildman–Crippen LogP) is 2.45. The van der Waals surface area contributed by atoms with Gasteiger partial charge in [-0.25, -0.2) is 0 Å². The van der Waals surface area contributed by atoms with Crippen LogP contribution in [0.15, 0.2) is 29.3 Å². The molecule has 1 aromatic rings. The molecule has 0 aliphatic carbocycles. The van der Waals surface area contributed by atoms with Crippen molar-refractivity contribution >= 4 is 17.6 Å². The normalized spacial score (nSPS) is 25.4. The van der Waals surface area contributed by atoms with E-state index in [4.69, 9.17) is 21.1 Å². The second-order valence-corrected chi connectivity index (χ2v) is 7.86. The van der Waals surface area contributed by atoms with Crippen LogP contribution < -0.4 is 10.6 Å². The van der Waals surface area contributed by atoms with Crippen molar-refractivity contribution in [3.63, 3.8) is 0 Å². The lowest BCUT2D eigenvalue weighted by atomic mass is 10.0. The quantitative estimate of drug-likeness (QED) is 0.573. The molecule has 7 heteroatoms. The van der Waals surface area contributed by atoms with Gasteiger partial charge in [0.05, 0.1) is 24.9 Å². The lowest BCUT2D eigenvalue weighted by molar-refractivity contribution is 0.0167. The molecule has 2 fully saturated rings. The first kappa shape index (κ1) is 20.4. The lowest BCUT2D eigenvalue weighted by Crippen LogP contribution is -2.49. The maximum atomic E-state index is 6.08. The standard InChI is InChI=1S/C20H31ClN4O2/c1-20(8-3-11-27-20)15-24-19(22-2)23-14-18(25-9-12-26-13-10-25)16-4-6-17(21)7-5-16/h4-7,18H,3,8-15H2,1-2H3,(H2,22,23,24). The van der Waals surface area contributed by atoms with Gasteiger partial charge in [-0.2, -0.15) is 0 Å². The Morgan fingerprint density at radius 2 is 1.96 bits per heavy atom. The van der Waals surface area contributed by atoms with E-state index in [1.807, 2.05) is 12.1 Å². The van der Waals surface area contributed by atoms with Crippen LogP contribution in [0.25, 0.3) is 0 Å². The molecule has 27 heavy (non-hydrogen) atoms. The lowest BCUT2D eigenvalue weighted by Gasteiger charge is -2.35. The average molecular weight is 395 g/mol. The fourth-order valence-electron chi connectivity index (χ4n) is 3.69. The van der Waals surface area contributed by atoms with Crippen molar-refractivity contribution in [1.82, 2.24) is 15.5 Å². The monoisotopic (exact) mass is 394 g/mol. The molecular formula is C20H31ClN4O2. The summed E-state index contributed by atoms with van der Waals surface area (Å²) in [5.41, 5.74) is 1.15. The van der Waals surface area contributed by atoms with Crippen molar-refractivity contribution in [2.45, 2.75) is 31.4 Å². The SMILES string of the molecule is CN=C(NCC(c1ccc(Cl)cc1)N1CCOCC1)NCC1(C)CCCO1. The van der Waals surface area contributed by atoms with Crippen molar-refractivity contribution in [3.05, 3.63) is 34.9 Å². The number of ether oxygens (including phenoxy) is 2. The molecule has 2 aliphatic heterocycles. The van der Waals surface area contributed by atoms with Gasteiger partial charge in [0.25, 0.3) is 0 Å². The highest BCUT2D eigenvalue weighted by Crippen LogP contribution is 2.24. The summed E-state index contributed by atoms with van der Waals surface area (Å²) in [4.78, 5) is 6.83. The summed E-state index contributed by atoms with van der Waals surface area (Å²) < 4.78 is 11.4. The van der Waals surface area contributed by atoms with Gasteiger partial charge in [0, 0.05) is 44.9 Å². The molecule has 2 saturated heterocycles. The van der Waals surface area contributed by atoms with Crippen molar-refractivity contribution in [2.24, 2.45) is 4.99 Å². The summed E-state index contributed by atoms with van der Waals surface area (Å²) in [6, 6.07) is 8.36. The number of rotatable bonds is 6. The highest BCUT2D eigenvalue weighted by Gasteiger charge is 2.30. The summed E-state index contributed by atoms with van der Waals surface area (Å²) in [5, 5.41) is 7.67. The first-order chi connectivity index (χ1) is 13.1. The van der Waals surface area contributed by atoms with Crippen LogP contribution in [0.2, 0.25) is 5.02 Å². The molecule has 0 spiro atoms. The van der Waals surface area contributed by atoms with Gasteiger partial charge >= 0.3 is 0 Å². The summed E-state index contributed by atoms with van der Waals surface area (Å²) in [5.74, 6) is 0.805. The number of hydrogen-bond acceptors (Lipinski definition) is 4. The topological polar surface area (TPSA) is 58.1 Å². The van der Waals surface area contributed by atoms with Gasteiger partial charge in [-0.15, -0.1) is 0 Å². The van der Waals surface area contributed by atoms with E-state index in [0.717, 1.165) is 69.8 Å². The van der Waals surface area contributed by atoms with Crippen LogP contribution in [-0.4, -0.2) is 69.5 Å². The number of benzene rings is 1. The number of guanidine groups is 1. The fraction of sp³-hybridized carbons (Fsp3) is 0.650. The maximum absolute atomic E-state index is 6.08. The van der Waals surface area contributed by atoms with E-state index < -0.39 is 0 Å². The van der Waals surface area contributed by atoms with Gasteiger partial charge in [0.2, 0.25) is 0 Å². The summed E-state index contributed by atoms with van der Waals surface area (Å²) in [6.45, 7) is 7.92. The van der Waals surface area contributed by atoms with Gasteiger partial charge in [-0.1, -0.05) is 23.7 Å². The Labute approximate surface area is 167 Å². The van der Waals surface area contributed by atoms with Crippen molar-refractivity contribution in [1.29, 1.82) is 0 Å². The third kappa shape index (κ3) is 5.82. The van der Waals surface area contributed by atoms with Crippen LogP contribution >= 0.6 is 11.6 Å². The highest BCUT2D eigenvalue weighted by atomic mass is 35.5. The number of morpholine rings is 1. The van der Waals surface area contributed by atoms with E-state index in [9.17, 15) is 0 Å². The molecule has 2 N–H and O–H groups in total. The van der Waals surface area contributed by atoms with Crippen LogP contribution in [0, 0.1) is 0 Å². The first-order valence-corrected chi connectivity index (χ1v) is 10.1. The predicted molar refractivity (Wildman–Crippen MR) is 110 cm³/mol. The van der Waals surface area contributed by atoms with Crippen molar-refractivity contribution < 1.29 is 9.47 Å². The molecule has 0 amide bonds. The molecule has 0 bridgehead atoms. The number of halogens is 1. The van der Waals surface area contributed by atoms with Gasteiger partial charge in [0.1, 0.15) is 0 Å². The number of nitrogens with zero attached hydrogens (tertiary/aromatic N) is 2.